The maximum atomic E-state index is 10.8. The van der Waals surface area contributed by atoms with E-state index in [4.69, 9.17) is 14.9 Å². The predicted molar refractivity (Wildman–Crippen MR) is 49.3 cm³/mol. The van der Waals surface area contributed by atoms with E-state index in [1.54, 1.807) is 0 Å². The Morgan fingerprint density at radius 3 is 2.57 bits per heavy atom. The van der Waals surface area contributed by atoms with Gasteiger partial charge in [-0.1, -0.05) is 0 Å². The van der Waals surface area contributed by atoms with Gasteiger partial charge in [0.2, 0.25) is 0 Å². The van der Waals surface area contributed by atoms with E-state index >= 15 is 0 Å². The zero-order chi connectivity index (χ0) is 11.0. The Bertz CT molecular complexity index is 202. The van der Waals surface area contributed by atoms with Crippen LogP contribution in [-0.4, -0.2) is 34.1 Å². The lowest BCUT2D eigenvalue weighted by molar-refractivity contribution is -0.142. The highest BCUT2D eigenvalue weighted by atomic mass is 31.2. The summed E-state index contributed by atoms with van der Waals surface area (Å²) < 4.78 is 9.00. The summed E-state index contributed by atoms with van der Waals surface area (Å²) in [4.78, 5) is 27.5. The molecule has 0 saturated carbocycles. The second kappa shape index (κ2) is 7.70. The fourth-order valence-electron chi connectivity index (χ4n) is 0.562. The number of carbonyl (C=O) groups excluding carboxylic acids is 1. The van der Waals surface area contributed by atoms with Gasteiger partial charge in [0.15, 0.2) is 5.76 Å². The number of allylic oxidation sites excluding steroid dienone is 1. The maximum absolute atomic E-state index is 10.8. The van der Waals surface area contributed by atoms with Crippen LogP contribution in [0.25, 0.3) is 0 Å². The summed E-state index contributed by atoms with van der Waals surface area (Å²) >= 11 is 0. The van der Waals surface area contributed by atoms with Crippen molar-refractivity contribution in [2.45, 2.75) is 13.3 Å². The molecule has 6 nitrogen and oxygen atoms in total. The smallest absolute Gasteiger partial charge is 0.373 e. The van der Waals surface area contributed by atoms with Gasteiger partial charge in [-0.25, -0.2) is 4.79 Å². The third-order valence-electron chi connectivity index (χ3n) is 1.21. The average molecular weight is 224 g/mol. The Hall–Kier alpha value is -0.680. The van der Waals surface area contributed by atoms with Gasteiger partial charge in [0.25, 0.3) is 0 Å². The zero-order valence-corrected chi connectivity index (χ0v) is 8.61. The molecular weight excluding hydrogens is 211 g/mol. The van der Waals surface area contributed by atoms with E-state index in [1.807, 2.05) is 0 Å². The summed E-state index contributed by atoms with van der Waals surface area (Å²) in [6, 6.07) is 0. The van der Waals surface area contributed by atoms with E-state index in [0.29, 0.717) is 6.42 Å². The predicted octanol–water partition coefficient (Wildman–Crippen LogP) is 0.610. The molecule has 7 heteroatoms. The monoisotopic (exact) mass is 224 g/mol. The highest BCUT2D eigenvalue weighted by Crippen LogP contribution is 2.23. The number of esters is 1. The molecule has 0 spiro atoms. The van der Waals surface area contributed by atoms with Crippen LogP contribution in [-0.2, 0) is 14.1 Å². The summed E-state index contributed by atoms with van der Waals surface area (Å²) in [7, 11) is -2.35. The van der Waals surface area contributed by atoms with Gasteiger partial charge < -0.3 is 24.2 Å². The molecule has 0 aromatic carbocycles. The third-order valence-corrected chi connectivity index (χ3v) is 1.62. The number of rotatable bonds is 6. The first kappa shape index (κ1) is 13.3. The first-order chi connectivity index (χ1) is 6.57. The van der Waals surface area contributed by atoms with Gasteiger partial charge in [0, 0.05) is 6.42 Å². The molecule has 0 fully saturated rings. The van der Waals surface area contributed by atoms with Crippen molar-refractivity contribution < 1.29 is 28.9 Å². The second-order valence-corrected chi connectivity index (χ2v) is 3.01. The van der Waals surface area contributed by atoms with Crippen molar-refractivity contribution in [3.8, 4) is 0 Å². The SMILES string of the molecule is CC=C(O)C(=O)OCCCOP(O)O. The van der Waals surface area contributed by atoms with Gasteiger partial charge in [0.05, 0.1) is 13.2 Å². The molecule has 0 aromatic heterocycles. The molecule has 0 aromatic rings. The zero-order valence-electron chi connectivity index (χ0n) is 7.71. The lowest BCUT2D eigenvalue weighted by Gasteiger charge is -2.04. The third kappa shape index (κ3) is 6.80. The fraction of sp³-hybridized carbons (Fsp3) is 0.571. The Balaban J connectivity index is 3.41. The van der Waals surface area contributed by atoms with Crippen LogP contribution in [0.2, 0.25) is 0 Å². The number of carbonyl (C=O) groups is 1. The van der Waals surface area contributed by atoms with E-state index in [2.05, 4.69) is 9.26 Å². The van der Waals surface area contributed by atoms with E-state index < -0.39 is 20.3 Å². The van der Waals surface area contributed by atoms with Gasteiger partial charge in [-0.05, 0) is 13.0 Å². The first-order valence-electron chi connectivity index (χ1n) is 3.91. The molecule has 0 atom stereocenters. The van der Waals surface area contributed by atoms with Crippen LogP contribution < -0.4 is 0 Å². The second-order valence-electron chi connectivity index (χ2n) is 2.25. The number of ether oxygens (including phenoxy) is 1. The van der Waals surface area contributed by atoms with E-state index in [1.165, 1.54) is 13.0 Å². The van der Waals surface area contributed by atoms with E-state index in [9.17, 15) is 4.79 Å². The summed E-state index contributed by atoms with van der Waals surface area (Å²) in [5.41, 5.74) is 0. The largest absolute Gasteiger partial charge is 0.502 e. The maximum Gasteiger partial charge on any atom is 0.373 e. The van der Waals surface area contributed by atoms with Crippen LogP contribution in [0.1, 0.15) is 13.3 Å². The summed E-state index contributed by atoms with van der Waals surface area (Å²) in [5, 5.41) is 8.85. The normalized spacial score (nSPS) is 11.9. The van der Waals surface area contributed by atoms with Crippen molar-refractivity contribution in [3.05, 3.63) is 11.8 Å². The Kier molecular flexibility index (Phi) is 7.32. The molecule has 14 heavy (non-hydrogen) atoms. The van der Waals surface area contributed by atoms with Crippen molar-refractivity contribution in [1.82, 2.24) is 0 Å². The van der Waals surface area contributed by atoms with E-state index in [-0.39, 0.29) is 13.2 Å². The van der Waals surface area contributed by atoms with Crippen LogP contribution in [0.5, 0.6) is 0 Å². The molecule has 0 aliphatic carbocycles. The van der Waals surface area contributed by atoms with Crippen molar-refractivity contribution >= 4 is 14.6 Å². The fourth-order valence-corrected chi connectivity index (χ4v) is 0.854. The molecule has 0 aliphatic rings. The molecular formula is C7H13O6P. The molecule has 0 rings (SSSR count). The lowest BCUT2D eigenvalue weighted by Crippen LogP contribution is -2.09. The number of aliphatic hydroxyl groups excluding tert-OH is 1. The highest BCUT2D eigenvalue weighted by molar-refractivity contribution is 7.39. The molecule has 0 bridgehead atoms. The number of aliphatic hydroxyl groups is 1. The highest BCUT2D eigenvalue weighted by Gasteiger charge is 2.07. The molecule has 82 valence electrons. The Morgan fingerprint density at radius 1 is 1.43 bits per heavy atom. The Labute approximate surface area is 82.8 Å². The lowest BCUT2D eigenvalue weighted by atomic mass is 10.4. The standard InChI is InChI=1S/C7H13O6P/c1-2-6(8)7(9)12-4-3-5-13-14(10)11/h2,8,10-11H,3-5H2,1H3. The number of hydrogen-bond donors (Lipinski definition) is 3. The van der Waals surface area contributed by atoms with Crippen LogP contribution >= 0.6 is 8.60 Å². The van der Waals surface area contributed by atoms with Gasteiger partial charge in [-0.3, -0.25) is 0 Å². The van der Waals surface area contributed by atoms with Crippen molar-refractivity contribution in [1.29, 1.82) is 0 Å². The number of hydrogen-bond acceptors (Lipinski definition) is 6. The minimum atomic E-state index is -2.35. The quantitative estimate of drug-likeness (QED) is 0.201. The Morgan fingerprint density at radius 2 is 2.07 bits per heavy atom. The molecule has 0 heterocycles. The van der Waals surface area contributed by atoms with Crippen molar-refractivity contribution in [3.63, 3.8) is 0 Å². The molecule has 0 saturated heterocycles. The van der Waals surface area contributed by atoms with Gasteiger partial charge in [0.1, 0.15) is 0 Å². The minimum Gasteiger partial charge on any atom is -0.502 e. The molecule has 0 radical (unpaired) electrons. The van der Waals surface area contributed by atoms with Crippen molar-refractivity contribution in [2.75, 3.05) is 13.2 Å². The van der Waals surface area contributed by atoms with Gasteiger partial charge in [-0.2, -0.15) is 0 Å². The summed E-state index contributed by atoms with van der Waals surface area (Å²) in [6.45, 7) is 1.65. The molecule has 0 aliphatic heterocycles. The first-order valence-corrected chi connectivity index (χ1v) is 5.07. The topological polar surface area (TPSA) is 96.2 Å². The van der Waals surface area contributed by atoms with Gasteiger partial charge >= 0.3 is 14.6 Å². The van der Waals surface area contributed by atoms with Gasteiger partial charge in [-0.15, -0.1) is 0 Å². The molecule has 0 unspecified atom stereocenters. The summed E-state index contributed by atoms with van der Waals surface area (Å²) in [5.74, 6) is -1.25. The molecule has 0 amide bonds. The van der Waals surface area contributed by atoms with E-state index in [0.717, 1.165) is 0 Å². The summed E-state index contributed by atoms with van der Waals surface area (Å²) in [6.07, 6.45) is 1.56. The average Bonchev–Trinajstić information content (AvgIpc) is 2.15. The van der Waals surface area contributed by atoms with Crippen LogP contribution in [0, 0.1) is 0 Å². The van der Waals surface area contributed by atoms with Crippen LogP contribution in [0.4, 0.5) is 0 Å². The molecule has 3 N–H and O–H groups in total. The van der Waals surface area contributed by atoms with Crippen LogP contribution in [0.15, 0.2) is 11.8 Å². The van der Waals surface area contributed by atoms with Crippen LogP contribution in [0.3, 0.4) is 0 Å². The van der Waals surface area contributed by atoms with Crippen molar-refractivity contribution in [2.24, 2.45) is 0 Å². The minimum absolute atomic E-state index is 0.0555.